The predicted molar refractivity (Wildman–Crippen MR) is 118 cm³/mol. The van der Waals surface area contributed by atoms with E-state index in [9.17, 15) is 4.39 Å². The Bertz CT molecular complexity index is 963. The molecule has 0 spiro atoms. The van der Waals surface area contributed by atoms with E-state index in [0.717, 1.165) is 22.6 Å². The maximum atomic E-state index is 13.4. The molecule has 0 atom stereocenters. The Balaban J connectivity index is 1.70. The highest BCUT2D eigenvalue weighted by Gasteiger charge is 2.13. The monoisotopic (exact) mass is 429 g/mol. The van der Waals surface area contributed by atoms with Gasteiger partial charge in [0, 0.05) is 12.2 Å². The van der Waals surface area contributed by atoms with Crippen LogP contribution < -0.4 is 19.5 Å². The highest BCUT2D eigenvalue weighted by atomic mass is 35.5. The van der Waals surface area contributed by atoms with Crippen molar-refractivity contribution in [1.82, 2.24) is 0 Å². The van der Waals surface area contributed by atoms with Crippen LogP contribution in [-0.4, -0.2) is 13.2 Å². The molecule has 0 fully saturated rings. The molecule has 0 amide bonds. The van der Waals surface area contributed by atoms with E-state index in [4.69, 9.17) is 25.8 Å². The van der Waals surface area contributed by atoms with Crippen LogP contribution in [-0.2, 0) is 13.2 Å². The molecule has 3 aromatic carbocycles. The summed E-state index contributed by atoms with van der Waals surface area (Å²) in [7, 11) is 0. The second kappa shape index (κ2) is 10.7. The van der Waals surface area contributed by atoms with Crippen LogP contribution in [0.1, 0.15) is 25.0 Å². The van der Waals surface area contributed by atoms with Crippen LogP contribution in [0, 0.1) is 5.82 Å². The van der Waals surface area contributed by atoms with Gasteiger partial charge in [0.1, 0.15) is 18.2 Å². The maximum Gasteiger partial charge on any atom is 0.180 e. The summed E-state index contributed by atoms with van der Waals surface area (Å²) in [5.74, 6) is 1.55. The molecule has 0 saturated carbocycles. The van der Waals surface area contributed by atoms with Crippen molar-refractivity contribution in [3.63, 3.8) is 0 Å². The zero-order valence-electron chi connectivity index (χ0n) is 17.1. The van der Waals surface area contributed by atoms with Crippen molar-refractivity contribution in [2.45, 2.75) is 27.0 Å². The Labute approximate surface area is 181 Å². The summed E-state index contributed by atoms with van der Waals surface area (Å²) in [6, 6.07) is 17.8. The number of halogens is 2. The average molecular weight is 430 g/mol. The van der Waals surface area contributed by atoms with Gasteiger partial charge in [0.2, 0.25) is 0 Å². The van der Waals surface area contributed by atoms with Crippen LogP contribution in [0.2, 0.25) is 5.02 Å². The van der Waals surface area contributed by atoms with Crippen molar-refractivity contribution in [2.24, 2.45) is 0 Å². The fourth-order valence-electron chi connectivity index (χ4n) is 2.95. The molecule has 0 aliphatic heterocycles. The van der Waals surface area contributed by atoms with Gasteiger partial charge in [-0.05, 0) is 73.5 Å². The first-order chi connectivity index (χ1) is 14.6. The minimum Gasteiger partial charge on any atom is -0.494 e. The number of anilines is 1. The van der Waals surface area contributed by atoms with Gasteiger partial charge in [-0.15, -0.1) is 0 Å². The lowest BCUT2D eigenvalue weighted by molar-refractivity contribution is 0.269. The Kier molecular flexibility index (Phi) is 7.80. The third-order valence-corrected chi connectivity index (χ3v) is 4.58. The van der Waals surface area contributed by atoms with Crippen molar-refractivity contribution in [2.75, 3.05) is 18.5 Å². The Morgan fingerprint density at radius 3 is 2.33 bits per heavy atom. The molecular weight excluding hydrogens is 405 g/mol. The normalized spacial score (nSPS) is 10.5. The van der Waals surface area contributed by atoms with Crippen LogP contribution in [0.15, 0.2) is 60.7 Å². The van der Waals surface area contributed by atoms with Gasteiger partial charge in [-0.1, -0.05) is 23.7 Å². The van der Waals surface area contributed by atoms with E-state index in [1.807, 2.05) is 50.2 Å². The summed E-state index contributed by atoms with van der Waals surface area (Å²) < 4.78 is 30.4. The van der Waals surface area contributed by atoms with Crippen molar-refractivity contribution < 1.29 is 18.6 Å². The summed E-state index contributed by atoms with van der Waals surface area (Å²) in [4.78, 5) is 0. The quantitative estimate of drug-likeness (QED) is 0.401. The lowest BCUT2D eigenvalue weighted by Gasteiger charge is -2.16. The lowest BCUT2D eigenvalue weighted by atomic mass is 10.2. The van der Waals surface area contributed by atoms with E-state index in [-0.39, 0.29) is 12.4 Å². The SMILES string of the molecule is CCOc1ccc(NCc2cc(Cl)c(OCc3cccc(F)c3)c(OCC)c2)cc1. The van der Waals surface area contributed by atoms with Gasteiger partial charge in [-0.3, -0.25) is 0 Å². The average Bonchev–Trinajstić information content (AvgIpc) is 2.73. The van der Waals surface area contributed by atoms with E-state index in [0.29, 0.717) is 36.3 Å². The molecule has 0 unspecified atom stereocenters. The fourth-order valence-corrected chi connectivity index (χ4v) is 3.24. The van der Waals surface area contributed by atoms with Gasteiger partial charge in [-0.25, -0.2) is 4.39 Å². The number of ether oxygens (including phenoxy) is 3. The molecule has 0 saturated heterocycles. The minimum atomic E-state index is -0.303. The summed E-state index contributed by atoms with van der Waals surface area (Å²) in [6.07, 6.45) is 0. The van der Waals surface area contributed by atoms with Crippen molar-refractivity contribution in [3.8, 4) is 17.2 Å². The molecule has 158 valence electrons. The van der Waals surface area contributed by atoms with Crippen molar-refractivity contribution in [3.05, 3.63) is 82.6 Å². The van der Waals surface area contributed by atoms with Gasteiger partial charge in [0.05, 0.1) is 18.2 Å². The Morgan fingerprint density at radius 2 is 1.63 bits per heavy atom. The third-order valence-electron chi connectivity index (χ3n) is 4.30. The van der Waals surface area contributed by atoms with Crippen molar-refractivity contribution in [1.29, 1.82) is 0 Å². The second-order valence-electron chi connectivity index (χ2n) is 6.57. The summed E-state index contributed by atoms with van der Waals surface area (Å²) in [6.45, 7) is 5.73. The van der Waals surface area contributed by atoms with E-state index in [2.05, 4.69) is 5.32 Å². The number of hydrogen-bond donors (Lipinski definition) is 1. The van der Waals surface area contributed by atoms with Gasteiger partial charge in [-0.2, -0.15) is 0 Å². The molecule has 0 aliphatic carbocycles. The van der Waals surface area contributed by atoms with Crippen molar-refractivity contribution >= 4 is 17.3 Å². The van der Waals surface area contributed by atoms with E-state index in [1.54, 1.807) is 12.1 Å². The molecule has 3 rings (SSSR count). The van der Waals surface area contributed by atoms with Crippen LogP contribution >= 0.6 is 11.6 Å². The van der Waals surface area contributed by atoms with E-state index in [1.165, 1.54) is 12.1 Å². The minimum absolute atomic E-state index is 0.196. The van der Waals surface area contributed by atoms with Crippen LogP contribution in [0.4, 0.5) is 10.1 Å². The first kappa shape index (κ1) is 21.8. The molecule has 6 heteroatoms. The van der Waals surface area contributed by atoms with Gasteiger partial charge >= 0.3 is 0 Å². The number of rotatable bonds is 10. The molecule has 0 aromatic heterocycles. The lowest BCUT2D eigenvalue weighted by Crippen LogP contribution is -2.04. The smallest absolute Gasteiger partial charge is 0.180 e. The third kappa shape index (κ3) is 6.04. The first-order valence-electron chi connectivity index (χ1n) is 9.88. The molecule has 0 bridgehead atoms. The molecule has 4 nitrogen and oxygen atoms in total. The van der Waals surface area contributed by atoms with Gasteiger partial charge in [0.15, 0.2) is 11.5 Å². The second-order valence-corrected chi connectivity index (χ2v) is 6.97. The standard InChI is InChI=1S/C24H25ClFNO3/c1-3-28-21-10-8-20(9-11-21)27-15-18-13-22(25)24(23(14-18)29-4-2)30-16-17-6-5-7-19(26)12-17/h5-14,27H,3-4,15-16H2,1-2H3. The summed E-state index contributed by atoms with van der Waals surface area (Å²) >= 11 is 6.48. The number of benzene rings is 3. The van der Waals surface area contributed by atoms with E-state index >= 15 is 0 Å². The Hall–Kier alpha value is -2.92. The topological polar surface area (TPSA) is 39.7 Å². The molecule has 3 aromatic rings. The fraction of sp³-hybridized carbons (Fsp3) is 0.250. The highest BCUT2D eigenvalue weighted by molar-refractivity contribution is 6.32. The number of nitrogens with one attached hydrogen (secondary N) is 1. The highest BCUT2D eigenvalue weighted by Crippen LogP contribution is 2.37. The molecular formula is C24H25ClFNO3. The van der Waals surface area contributed by atoms with Gasteiger partial charge < -0.3 is 19.5 Å². The van der Waals surface area contributed by atoms with Crippen LogP contribution in [0.25, 0.3) is 0 Å². The van der Waals surface area contributed by atoms with E-state index < -0.39 is 0 Å². The number of hydrogen-bond acceptors (Lipinski definition) is 4. The molecule has 0 aliphatic rings. The predicted octanol–water partition coefficient (Wildman–Crippen LogP) is 6.47. The van der Waals surface area contributed by atoms with Crippen LogP contribution in [0.5, 0.6) is 17.2 Å². The van der Waals surface area contributed by atoms with Crippen LogP contribution in [0.3, 0.4) is 0 Å². The Morgan fingerprint density at radius 1 is 0.867 bits per heavy atom. The maximum absolute atomic E-state index is 13.4. The zero-order valence-corrected chi connectivity index (χ0v) is 17.8. The summed E-state index contributed by atoms with van der Waals surface area (Å²) in [5, 5.41) is 3.80. The molecule has 0 heterocycles. The summed E-state index contributed by atoms with van der Waals surface area (Å²) in [5.41, 5.74) is 2.64. The zero-order chi connectivity index (χ0) is 21.3. The van der Waals surface area contributed by atoms with Gasteiger partial charge in [0.25, 0.3) is 0 Å². The molecule has 30 heavy (non-hydrogen) atoms. The molecule has 1 N–H and O–H groups in total. The first-order valence-corrected chi connectivity index (χ1v) is 10.3. The molecule has 0 radical (unpaired) electrons. The largest absolute Gasteiger partial charge is 0.494 e.